The van der Waals surface area contributed by atoms with E-state index >= 15 is 0 Å². The maximum Gasteiger partial charge on any atom is 0.123 e. The van der Waals surface area contributed by atoms with Gasteiger partial charge in [0.2, 0.25) is 0 Å². The molecule has 0 heterocycles. The monoisotopic (exact) mass is 272 g/mol. The highest BCUT2D eigenvalue weighted by molar-refractivity contribution is 6.13. The predicted octanol–water partition coefficient (Wildman–Crippen LogP) is 5.80. The van der Waals surface area contributed by atoms with Crippen molar-refractivity contribution in [3.8, 4) is 11.1 Å². The van der Waals surface area contributed by atoms with Gasteiger partial charge in [-0.15, -0.1) is 0 Å². The molecule has 0 aliphatic heterocycles. The van der Waals surface area contributed by atoms with Crippen molar-refractivity contribution in [2.45, 2.75) is 0 Å². The summed E-state index contributed by atoms with van der Waals surface area (Å²) in [7, 11) is 0. The van der Waals surface area contributed by atoms with Gasteiger partial charge in [0.1, 0.15) is 5.82 Å². The van der Waals surface area contributed by atoms with Crippen molar-refractivity contribution in [1.82, 2.24) is 0 Å². The van der Waals surface area contributed by atoms with Crippen LogP contribution in [0, 0.1) is 5.82 Å². The van der Waals surface area contributed by atoms with E-state index in [-0.39, 0.29) is 5.82 Å². The quantitative estimate of drug-likeness (QED) is 0.384. The SMILES string of the molecule is Fc1ccc(-c2cc3ccccc3c3ccccc23)cc1. The molecule has 21 heavy (non-hydrogen) atoms. The minimum atomic E-state index is -0.205. The van der Waals surface area contributed by atoms with Gasteiger partial charge in [-0.2, -0.15) is 0 Å². The van der Waals surface area contributed by atoms with Crippen LogP contribution in [-0.4, -0.2) is 0 Å². The van der Waals surface area contributed by atoms with Gasteiger partial charge in [-0.25, -0.2) is 4.39 Å². The van der Waals surface area contributed by atoms with E-state index in [4.69, 9.17) is 0 Å². The fraction of sp³-hybridized carbons (Fsp3) is 0. The number of hydrogen-bond acceptors (Lipinski definition) is 0. The van der Waals surface area contributed by atoms with E-state index in [9.17, 15) is 4.39 Å². The molecule has 100 valence electrons. The zero-order valence-electron chi connectivity index (χ0n) is 11.4. The Bertz CT molecular complexity index is 937. The third-order valence-electron chi connectivity index (χ3n) is 3.92. The second kappa shape index (κ2) is 4.71. The van der Waals surface area contributed by atoms with Crippen molar-refractivity contribution in [3.63, 3.8) is 0 Å². The maximum absolute atomic E-state index is 13.2. The van der Waals surface area contributed by atoms with E-state index in [1.54, 1.807) is 0 Å². The fourth-order valence-corrected chi connectivity index (χ4v) is 2.92. The molecule has 4 aromatic rings. The molecular weight excluding hydrogens is 259 g/mol. The molecule has 0 saturated carbocycles. The van der Waals surface area contributed by atoms with E-state index in [0.29, 0.717) is 0 Å². The molecule has 4 rings (SSSR count). The third-order valence-corrected chi connectivity index (χ3v) is 3.92. The zero-order chi connectivity index (χ0) is 14.2. The average molecular weight is 272 g/mol. The van der Waals surface area contributed by atoms with Crippen LogP contribution in [0.5, 0.6) is 0 Å². The molecule has 0 spiro atoms. The van der Waals surface area contributed by atoms with Crippen molar-refractivity contribution in [1.29, 1.82) is 0 Å². The lowest BCUT2D eigenvalue weighted by Gasteiger charge is -2.11. The fourth-order valence-electron chi connectivity index (χ4n) is 2.92. The van der Waals surface area contributed by atoms with Gasteiger partial charge in [-0.3, -0.25) is 0 Å². The summed E-state index contributed by atoms with van der Waals surface area (Å²) in [4.78, 5) is 0. The van der Waals surface area contributed by atoms with Crippen LogP contribution in [0.1, 0.15) is 0 Å². The van der Waals surface area contributed by atoms with Crippen molar-refractivity contribution < 1.29 is 4.39 Å². The van der Waals surface area contributed by atoms with Crippen LogP contribution in [0.4, 0.5) is 4.39 Å². The molecule has 0 N–H and O–H groups in total. The van der Waals surface area contributed by atoms with Crippen LogP contribution in [-0.2, 0) is 0 Å². The molecular formula is C20H13F. The van der Waals surface area contributed by atoms with Crippen molar-refractivity contribution in [2.24, 2.45) is 0 Å². The molecule has 4 aromatic carbocycles. The van der Waals surface area contributed by atoms with Gasteiger partial charge in [0, 0.05) is 0 Å². The van der Waals surface area contributed by atoms with Crippen LogP contribution >= 0.6 is 0 Å². The largest absolute Gasteiger partial charge is 0.207 e. The molecule has 0 unspecified atom stereocenters. The standard InChI is InChI=1S/C20H13F/c21-16-11-9-14(10-12-16)20-13-15-5-1-2-6-17(15)18-7-3-4-8-19(18)20/h1-13H. The van der Waals surface area contributed by atoms with Gasteiger partial charge in [0.15, 0.2) is 0 Å². The molecule has 0 saturated heterocycles. The van der Waals surface area contributed by atoms with E-state index in [0.717, 1.165) is 11.1 Å². The lowest BCUT2D eigenvalue weighted by Crippen LogP contribution is -1.84. The normalized spacial score (nSPS) is 11.1. The van der Waals surface area contributed by atoms with Gasteiger partial charge < -0.3 is 0 Å². The van der Waals surface area contributed by atoms with Crippen LogP contribution in [0.15, 0.2) is 78.9 Å². The topological polar surface area (TPSA) is 0 Å². The Hall–Kier alpha value is -2.67. The molecule has 0 nitrogen and oxygen atoms in total. The summed E-state index contributed by atoms with van der Waals surface area (Å²) in [6, 6.07) is 25.6. The molecule has 1 heteroatoms. The molecule has 0 bridgehead atoms. The Kier molecular flexibility index (Phi) is 2.71. The van der Waals surface area contributed by atoms with Gasteiger partial charge in [0.25, 0.3) is 0 Å². The molecule has 0 aliphatic rings. The summed E-state index contributed by atoms with van der Waals surface area (Å²) in [5.41, 5.74) is 2.18. The van der Waals surface area contributed by atoms with Gasteiger partial charge in [-0.1, -0.05) is 60.7 Å². The lowest BCUT2D eigenvalue weighted by molar-refractivity contribution is 0.628. The summed E-state index contributed by atoms with van der Waals surface area (Å²) in [5.74, 6) is -0.205. The number of benzene rings is 4. The van der Waals surface area contributed by atoms with Crippen LogP contribution in [0.2, 0.25) is 0 Å². The van der Waals surface area contributed by atoms with E-state index in [1.807, 2.05) is 24.3 Å². The number of hydrogen-bond donors (Lipinski definition) is 0. The molecule has 0 fully saturated rings. The number of halogens is 1. The minimum absolute atomic E-state index is 0.205. The Labute approximate surface area is 122 Å². The Morgan fingerprint density at radius 2 is 1.19 bits per heavy atom. The maximum atomic E-state index is 13.2. The predicted molar refractivity (Wildman–Crippen MR) is 86.8 cm³/mol. The highest BCUT2D eigenvalue weighted by Crippen LogP contribution is 2.34. The highest BCUT2D eigenvalue weighted by atomic mass is 19.1. The Balaban J connectivity index is 2.13. The Morgan fingerprint density at radius 1 is 0.571 bits per heavy atom. The summed E-state index contributed by atoms with van der Waals surface area (Å²) in [6.07, 6.45) is 0. The third kappa shape index (κ3) is 1.98. The van der Waals surface area contributed by atoms with Gasteiger partial charge >= 0.3 is 0 Å². The van der Waals surface area contributed by atoms with E-state index < -0.39 is 0 Å². The van der Waals surface area contributed by atoms with Crippen molar-refractivity contribution in [2.75, 3.05) is 0 Å². The first-order valence-electron chi connectivity index (χ1n) is 6.99. The molecule has 0 aromatic heterocycles. The molecule has 0 aliphatic carbocycles. The van der Waals surface area contributed by atoms with Crippen LogP contribution < -0.4 is 0 Å². The van der Waals surface area contributed by atoms with Crippen molar-refractivity contribution in [3.05, 3.63) is 84.7 Å². The highest BCUT2D eigenvalue weighted by Gasteiger charge is 2.07. The second-order valence-electron chi connectivity index (χ2n) is 5.20. The van der Waals surface area contributed by atoms with Gasteiger partial charge in [-0.05, 0) is 50.9 Å². The van der Waals surface area contributed by atoms with E-state index in [1.165, 1.54) is 33.7 Å². The zero-order valence-corrected chi connectivity index (χ0v) is 11.4. The molecule has 0 amide bonds. The summed E-state index contributed by atoms with van der Waals surface area (Å²) in [6.45, 7) is 0. The smallest absolute Gasteiger partial charge is 0.123 e. The van der Waals surface area contributed by atoms with Gasteiger partial charge in [0.05, 0.1) is 0 Å². The summed E-state index contributed by atoms with van der Waals surface area (Å²) >= 11 is 0. The van der Waals surface area contributed by atoms with Crippen molar-refractivity contribution >= 4 is 21.5 Å². The number of fused-ring (bicyclic) bond motifs is 3. The van der Waals surface area contributed by atoms with E-state index in [2.05, 4.69) is 42.5 Å². The minimum Gasteiger partial charge on any atom is -0.207 e. The van der Waals surface area contributed by atoms with Crippen LogP contribution in [0.25, 0.3) is 32.7 Å². The lowest BCUT2D eigenvalue weighted by atomic mass is 9.93. The summed E-state index contributed by atoms with van der Waals surface area (Å²) < 4.78 is 13.2. The average Bonchev–Trinajstić information content (AvgIpc) is 2.55. The van der Waals surface area contributed by atoms with Crippen LogP contribution in [0.3, 0.4) is 0 Å². The first-order chi connectivity index (χ1) is 10.3. The first kappa shape index (κ1) is 12.1. The number of rotatable bonds is 1. The molecule has 0 atom stereocenters. The molecule has 0 radical (unpaired) electrons. The summed E-state index contributed by atoms with van der Waals surface area (Å²) in [5, 5.41) is 4.88. The second-order valence-corrected chi connectivity index (χ2v) is 5.20. The first-order valence-corrected chi connectivity index (χ1v) is 6.99. The Morgan fingerprint density at radius 3 is 1.95 bits per heavy atom.